The average molecular weight is 233 g/mol. The zero-order valence-corrected chi connectivity index (χ0v) is 10.9. The fourth-order valence-corrected chi connectivity index (χ4v) is 2.54. The van der Waals surface area contributed by atoms with Crippen molar-refractivity contribution in [2.24, 2.45) is 5.73 Å². The van der Waals surface area contributed by atoms with Gasteiger partial charge in [0.15, 0.2) is 0 Å². The maximum atomic E-state index is 6.00. The van der Waals surface area contributed by atoms with E-state index in [1.807, 2.05) is 0 Å². The summed E-state index contributed by atoms with van der Waals surface area (Å²) in [4.78, 5) is 9.31. The molecule has 0 saturated heterocycles. The van der Waals surface area contributed by atoms with E-state index in [1.54, 1.807) is 0 Å². The number of hydrogen-bond donors (Lipinski definition) is 1. The van der Waals surface area contributed by atoms with Gasteiger partial charge in [-0.15, -0.1) is 0 Å². The van der Waals surface area contributed by atoms with Gasteiger partial charge in [0, 0.05) is 29.8 Å². The zero-order chi connectivity index (χ0) is 12.3. The lowest BCUT2D eigenvalue weighted by Gasteiger charge is -2.13. The van der Waals surface area contributed by atoms with Crippen LogP contribution in [-0.4, -0.2) is 16.0 Å². The van der Waals surface area contributed by atoms with Crippen LogP contribution in [0.2, 0.25) is 0 Å². The highest BCUT2D eigenvalue weighted by molar-refractivity contribution is 5.14. The summed E-state index contributed by atoms with van der Waals surface area (Å²) in [6, 6.07) is 2.30. The molecule has 0 amide bonds. The van der Waals surface area contributed by atoms with Crippen molar-refractivity contribution >= 4 is 0 Å². The molecule has 1 aromatic rings. The maximum Gasteiger partial charge on any atom is 0.131 e. The van der Waals surface area contributed by atoms with Crippen LogP contribution in [0.3, 0.4) is 0 Å². The normalized spacial score (nSPS) is 18.5. The minimum atomic E-state index is 0.223. The zero-order valence-electron chi connectivity index (χ0n) is 10.9. The summed E-state index contributed by atoms with van der Waals surface area (Å²) in [6.45, 7) is 4.18. The van der Waals surface area contributed by atoms with Crippen LogP contribution in [0.25, 0.3) is 0 Å². The van der Waals surface area contributed by atoms with E-state index in [0.717, 1.165) is 30.1 Å². The first-order valence-corrected chi connectivity index (χ1v) is 6.79. The lowest BCUT2D eigenvalue weighted by molar-refractivity contribution is 0.614. The summed E-state index contributed by atoms with van der Waals surface area (Å²) in [5, 5.41) is 0. The van der Waals surface area contributed by atoms with Crippen LogP contribution in [0.15, 0.2) is 6.07 Å². The first kappa shape index (κ1) is 12.5. The van der Waals surface area contributed by atoms with Gasteiger partial charge in [-0.2, -0.15) is 0 Å². The fraction of sp³-hybridized carbons (Fsp3) is 0.714. The van der Waals surface area contributed by atoms with Gasteiger partial charge >= 0.3 is 0 Å². The lowest BCUT2D eigenvalue weighted by atomic mass is 10.1. The predicted octanol–water partition coefficient (Wildman–Crippen LogP) is 2.72. The molecule has 94 valence electrons. The summed E-state index contributed by atoms with van der Waals surface area (Å²) in [5.41, 5.74) is 8.20. The van der Waals surface area contributed by atoms with Crippen LogP contribution in [0.4, 0.5) is 0 Å². The third kappa shape index (κ3) is 3.25. The van der Waals surface area contributed by atoms with E-state index >= 15 is 0 Å². The Bertz CT molecular complexity index is 370. The van der Waals surface area contributed by atoms with E-state index in [9.17, 15) is 0 Å². The van der Waals surface area contributed by atoms with Gasteiger partial charge < -0.3 is 5.73 Å². The molecule has 0 radical (unpaired) electrons. The van der Waals surface area contributed by atoms with Crippen LogP contribution in [0.1, 0.15) is 62.2 Å². The number of rotatable bonds is 4. The highest BCUT2D eigenvalue weighted by atomic mass is 14.9. The molecule has 3 heteroatoms. The molecule has 1 fully saturated rings. The Morgan fingerprint density at radius 3 is 2.71 bits per heavy atom. The van der Waals surface area contributed by atoms with Gasteiger partial charge in [-0.25, -0.2) is 9.97 Å². The predicted molar refractivity (Wildman–Crippen MR) is 69.9 cm³/mol. The molecule has 1 unspecified atom stereocenters. The van der Waals surface area contributed by atoms with Gasteiger partial charge in [-0.3, -0.25) is 0 Å². The molecule has 0 aromatic carbocycles. The van der Waals surface area contributed by atoms with Gasteiger partial charge in [-0.05, 0) is 32.3 Å². The second-order valence-corrected chi connectivity index (χ2v) is 5.21. The summed E-state index contributed by atoms with van der Waals surface area (Å²) in [6.07, 6.45) is 7.03. The van der Waals surface area contributed by atoms with Crippen LogP contribution in [-0.2, 0) is 6.42 Å². The molecule has 2 N–H and O–H groups in total. The maximum absolute atomic E-state index is 6.00. The molecule has 0 bridgehead atoms. The number of aryl methyl sites for hydroxylation is 1. The minimum Gasteiger partial charge on any atom is -0.327 e. The Morgan fingerprint density at radius 2 is 2.06 bits per heavy atom. The second-order valence-electron chi connectivity index (χ2n) is 5.21. The molecule has 1 heterocycles. The van der Waals surface area contributed by atoms with E-state index in [-0.39, 0.29) is 6.04 Å². The molecule has 2 rings (SSSR count). The monoisotopic (exact) mass is 233 g/mol. The molecule has 1 aliphatic rings. The SMILES string of the molecule is CCC(N)Cc1cc(C)nc(C2CCCC2)n1. The Labute approximate surface area is 104 Å². The lowest BCUT2D eigenvalue weighted by Crippen LogP contribution is -2.22. The van der Waals surface area contributed by atoms with Crippen molar-refractivity contribution < 1.29 is 0 Å². The van der Waals surface area contributed by atoms with Crippen molar-refractivity contribution in [2.45, 2.75) is 64.3 Å². The van der Waals surface area contributed by atoms with E-state index in [2.05, 4.69) is 24.9 Å². The molecule has 1 atom stereocenters. The standard InChI is InChI=1S/C14H23N3/c1-3-12(15)9-13-8-10(2)16-14(17-13)11-6-4-5-7-11/h8,11-12H,3-7,9,15H2,1-2H3. The third-order valence-corrected chi connectivity index (χ3v) is 3.64. The van der Waals surface area contributed by atoms with Gasteiger partial charge in [0.05, 0.1) is 0 Å². The number of aromatic nitrogens is 2. The van der Waals surface area contributed by atoms with Crippen molar-refractivity contribution in [3.8, 4) is 0 Å². The largest absolute Gasteiger partial charge is 0.327 e. The van der Waals surface area contributed by atoms with Crippen molar-refractivity contribution in [1.29, 1.82) is 0 Å². The Hall–Kier alpha value is -0.960. The van der Waals surface area contributed by atoms with Crippen LogP contribution < -0.4 is 5.73 Å². The molecular formula is C14H23N3. The number of nitrogens with two attached hydrogens (primary N) is 1. The van der Waals surface area contributed by atoms with Crippen LogP contribution in [0.5, 0.6) is 0 Å². The molecule has 1 aliphatic carbocycles. The van der Waals surface area contributed by atoms with E-state index < -0.39 is 0 Å². The molecule has 17 heavy (non-hydrogen) atoms. The summed E-state index contributed by atoms with van der Waals surface area (Å²) >= 11 is 0. The summed E-state index contributed by atoms with van der Waals surface area (Å²) in [5.74, 6) is 1.65. The van der Waals surface area contributed by atoms with Gasteiger partial charge in [-0.1, -0.05) is 19.8 Å². The summed E-state index contributed by atoms with van der Waals surface area (Å²) in [7, 11) is 0. The van der Waals surface area contributed by atoms with Crippen molar-refractivity contribution in [3.05, 3.63) is 23.3 Å². The van der Waals surface area contributed by atoms with Gasteiger partial charge in [0.1, 0.15) is 5.82 Å². The van der Waals surface area contributed by atoms with Crippen molar-refractivity contribution in [1.82, 2.24) is 9.97 Å². The Kier molecular flexibility index (Phi) is 4.11. The van der Waals surface area contributed by atoms with E-state index in [0.29, 0.717) is 5.92 Å². The van der Waals surface area contributed by atoms with E-state index in [4.69, 9.17) is 10.7 Å². The fourth-order valence-electron chi connectivity index (χ4n) is 2.54. The second kappa shape index (κ2) is 5.58. The first-order valence-electron chi connectivity index (χ1n) is 6.79. The number of hydrogen-bond acceptors (Lipinski definition) is 3. The number of nitrogens with zero attached hydrogens (tertiary/aromatic N) is 2. The van der Waals surface area contributed by atoms with Gasteiger partial charge in [0.25, 0.3) is 0 Å². The Balaban J connectivity index is 2.16. The third-order valence-electron chi connectivity index (χ3n) is 3.64. The molecule has 1 aromatic heterocycles. The minimum absolute atomic E-state index is 0.223. The van der Waals surface area contributed by atoms with Crippen LogP contribution >= 0.6 is 0 Å². The molecule has 3 nitrogen and oxygen atoms in total. The van der Waals surface area contributed by atoms with Crippen molar-refractivity contribution in [3.63, 3.8) is 0 Å². The molecule has 0 spiro atoms. The topological polar surface area (TPSA) is 51.8 Å². The van der Waals surface area contributed by atoms with Gasteiger partial charge in [0.2, 0.25) is 0 Å². The highest BCUT2D eigenvalue weighted by Crippen LogP contribution is 2.32. The smallest absolute Gasteiger partial charge is 0.131 e. The van der Waals surface area contributed by atoms with Crippen molar-refractivity contribution in [2.75, 3.05) is 0 Å². The quantitative estimate of drug-likeness (QED) is 0.870. The molecule has 1 saturated carbocycles. The average Bonchev–Trinajstić information content (AvgIpc) is 2.81. The molecular weight excluding hydrogens is 210 g/mol. The highest BCUT2D eigenvalue weighted by Gasteiger charge is 2.20. The molecule has 0 aliphatic heterocycles. The first-order chi connectivity index (χ1) is 8.19. The Morgan fingerprint density at radius 1 is 1.35 bits per heavy atom. The van der Waals surface area contributed by atoms with E-state index in [1.165, 1.54) is 25.7 Å². The van der Waals surface area contributed by atoms with Crippen LogP contribution in [0, 0.1) is 6.92 Å². The summed E-state index contributed by atoms with van der Waals surface area (Å²) < 4.78 is 0.